The van der Waals surface area contributed by atoms with Crippen molar-refractivity contribution in [3.63, 3.8) is 0 Å². The lowest BCUT2D eigenvalue weighted by atomic mass is 10.0. The minimum absolute atomic E-state index is 0.132. The highest BCUT2D eigenvalue weighted by molar-refractivity contribution is 5.98. The number of piperidine rings is 1. The Bertz CT molecular complexity index is 540. The van der Waals surface area contributed by atoms with Crippen molar-refractivity contribution < 1.29 is 23.9 Å². The van der Waals surface area contributed by atoms with Gasteiger partial charge in [-0.05, 0) is 6.92 Å². The van der Waals surface area contributed by atoms with Gasteiger partial charge in [-0.1, -0.05) is 0 Å². The molecule has 2 rings (SSSR count). The van der Waals surface area contributed by atoms with E-state index in [-0.39, 0.29) is 11.9 Å². The van der Waals surface area contributed by atoms with Crippen molar-refractivity contribution in [1.29, 1.82) is 0 Å². The summed E-state index contributed by atoms with van der Waals surface area (Å²) in [5.41, 5.74) is 0.468. The summed E-state index contributed by atoms with van der Waals surface area (Å²) in [6.45, 7) is 5.54. The molecule has 0 radical (unpaired) electrons. The Hall–Kier alpha value is -1.95. The molecule has 23 heavy (non-hydrogen) atoms. The largest absolute Gasteiger partial charge is 0.496 e. The molecule has 0 bridgehead atoms. The highest BCUT2D eigenvalue weighted by Crippen LogP contribution is 2.34. The maximum Gasteiger partial charge on any atom is 0.255 e. The van der Waals surface area contributed by atoms with Crippen molar-refractivity contribution in [2.45, 2.75) is 25.8 Å². The molecule has 0 saturated carbocycles. The second-order valence-electron chi connectivity index (χ2n) is 5.76. The number of rotatable bonds is 6. The van der Waals surface area contributed by atoms with E-state index >= 15 is 0 Å². The summed E-state index contributed by atoms with van der Waals surface area (Å²) in [5.74, 6) is 1.41. The third kappa shape index (κ3) is 4.07. The topological polar surface area (TPSA) is 61.2 Å². The number of benzene rings is 1. The van der Waals surface area contributed by atoms with Crippen molar-refractivity contribution in [2.24, 2.45) is 0 Å². The lowest BCUT2D eigenvalue weighted by Gasteiger charge is -2.29. The van der Waals surface area contributed by atoms with Crippen LogP contribution >= 0.6 is 0 Å². The van der Waals surface area contributed by atoms with Gasteiger partial charge in [0.05, 0.1) is 46.5 Å². The van der Waals surface area contributed by atoms with Gasteiger partial charge in [0.25, 0.3) is 5.91 Å². The average molecular weight is 323 g/mol. The molecule has 1 aromatic rings. The van der Waals surface area contributed by atoms with Gasteiger partial charge >= 0.3 is 0 Å². The van der Waals surface area contributed by atoms with Gasteiger partial charge in [-0.2, -0.15) is 0 Å². The number of carbonyl (C=O) groups is 1. The molecule has 1 amide bonds. The maximum absolute atomic E-state index is 12.6. The molecule has 0 spiro atoms. The molecule has 1 heterocycles. The predicted octanol–water partition coefficient (Wildman–Crippen LogP) is 0.509. The number of likely N-dealkylation sites (tertiary alicyclic amines) is 1. The van der Waals surface area contributed by atoms with Gasteiger partial charge in [0, 0.05) is 31.0 Å². The van der Waals surface area contributed by atoms with E-state index in [1.165, 1.54) is 0 Å². The molecule has 0 unspecified atom stereocenters. The number of amides is 1. The minimum Gasteiger partial charge on any atom is -0.496 e. The standard InChI is InChI=1S/C17H26N2O4/c1-5-19-8-6-12(7-9-19)18-17(20)13-10-15(22-3)16(23-4)11-14(13)21-2/h10-12H,5-9H2,1-4H3,(H,18,20)/p+1. The molecule has 6 heteroatoms. The first kappa shape index (κ1) is 17.4. The molecule has 6 nitrogen and oxygen atoms in total. The van der Waals surface area contributed by atoms with E-state index in [2.05, 4.69) is 12.2 Å². The molecule has 2 N–H and O–H groups in total. The third-order valence-corrected chi connectivity index (χ3v) is 4.48. The van der Waals surface area contributed by atoms with Crippen LogP contribution in [0.4, 0.5) is 0 Å². The summed E-state index contributed by atoms with van der Waals surface area (Å²) in [4.78, 5) is 14.2. The van der Waals surface area contributed by atoms with E-state index in [0.29, 0.717) is 22.8 Å². The summed E-state index contributed by atoms with van der Waals surface area (Å²) in [6, 6.07) is 3.56. The van der Waals surface area contributed by atoms with Crippen LogP contribution in [0.2, 0.25) is 0 Å². The maximum atomic E-state index is 12.6. The van der Waals surface area contributed by atoms with Crippen LogP contribution in [-0.2, 0) is 0 Å². The SMILES string of the molecule is CC[NH+]1CCC(NC(=O)c2cc(OC)c(OC)cc2OC)CC1. The minimum atomic E-state index is -0.132. The number of nitrogens with one attached hydrogen (secondary N) is 2. The molecule has 0 aliphatic carbocycles. The normalized spacial score (nSPS) is 20.7. The number of carbonyl (C=O) groups excluding carboxylic acids is 1. The van der Waals surface area contributed by atoms with Gasteiger partial charge in [0.15, 0.2) is 11.5 Å². The summed E-state index contributed by atoms with van der Waals surface area (Å²) in [6.07, 6.45) is 2.01. The quantitative estimate of drug-likeness (QED) is 0.801. The summed E-state index contributed by atoms with van der Waals surface area (Å²) in [5, 5.41) is 3.11. The van der Waals surface area contributed by atoms with Crippen molar-refractivity contribution in [3.05, 3.63) is 17.7 Å². The zero-order valence-corrected chi connectivity index (χ0v) is 14.4. The van der Waals surface area contributed by atoms with Gasteiger partial charge in [-0.3, -0.25) is 4.79 Å². The van der Waals surface area contributed by atoms with Gasteiger partial charge in [0.2, 0.25) is 0 Å². The number of hydrogen-bond acceptors (Lipinski definition) is 4. The molecule has 128 valence electrons. The molecular formula is C17H27N2O4+. The predicted molar refractivity (Wildman–Crippen MR) is 87.8 cm³/mol. The number of methoxy groups -OCH3 is 3. The molecule has 1 fully saturated rings. The molecule has 1 aliphatic heterocycles. The van der Waals surface area contributed by atoms with E-state index in [1.54, 1.807) is 38.4 Å². The summed E-state index contributed by atoms with van der Waals surface area (Å²) in [7, 11) is 4.65. The first-order valence-electron chi connectivity index (χ1n) is 8.07. The number of hydrogen-bond donors (Lipinski definition) is 2. The van der Waals surface area contributed by atoms with Crippen LogP contribution in [-0.4, -0.2) is 52.9 Å². The van der Waals surface area contributed by atoms with E-state index in [9.17, 15) is 4.79 Å². The Kier molecular flexibility index (Phi) is 6.10. The third-order valence-electron chi connectivity index (χ3n) is 4.48. The summed E-state index contributed by atoms with van der Waals surface area (Å²) < 4.78 is 15.9. The smallest absolute Gasteiger partial charge is 0.255 e. The molecule has 1 aliphatic rings. The van der Waals surface area contributed by atoms with Crippen molar-refractivity contribution in [3.8, 4) is 17.2 Å². The van der Waals surface area contributed by atoms with Gasteiger partial charge < -0.3 is 24.4 Å². The fraction of sp³-hybridized carbons (Fsp3) is 0.588. The van der Waals surface area contributed by atoms with Crippen LogP contribution in [0.3, 0.4) is 0 Å². The van der Waals surface area contributed by atoms with Crippen molar-refractivity contribution in [1.82, 2.24) is 5.32 Å². The van der Waals surface area contributed by atoms with Crippen LogP contribution in [0.15, 0.2) is 12.1 Å². The molecular weight excluding hydrogens is 296 g/mol. The zero-order valence-electron chi connectivity index (χ0n) is 14.4. The summed E-state index contributed by atoms with van der Waals surface area (Å²) >= 11 is 0. The highest BCUT2D eigenvalue weighted by atomic mass is 16.5. The van der Waals surface area contributed by atoms with Gasteiger partial charge in [-0.25, -0.2) is 0 Å². The molecule has 1 aromatic carbocycles. The van der Waals surface area contributed by atoms with E-state index in [0.717, 1.165) is 32.5 Å². The number of ether oxygens (including phenoxy) is 3. The van der Waals surface area contributed by atoms with Gasteiger partial charge in [0.1, 0.15) is 5.75 Å². The Balaban J connectivity index is 2.12. The fourth-order valence-electron chi connectivity index (χ4n) is 2.99. The zero-order chi connectivity index (χ0) is 16.8. The molecule has 1 saturated heterocycles. The second-order valence-corrected chi connectivity index (χ2v) is 5.76. The Labute approximate surface area is 137 Å². The molecule has 0 aromatic heterocycles. The van der Waals surface area contributed by atoms with Crippen molar-refractivity contribution in [2.75, 3.05) is 41.0 Å². The van der Waals surface area contributed by atoms with Crippen LogP contribution in [0, 0.1) is 0 Å². The Morgan fingerprint density at radius 3 is 2.17 bits per heavy atom. The van der Waals surface area contributed by atoms with E-state index < -0.39 is 0 Å². The lowest BCUT2D eigenvalue weighted by Crippen LogP contribution is -3.13. The van der Waals surface area contributed by atoms with Crippen molar-refractivity contribution >= 4 is 5.91 Å². The lowest BCUT2D eigenvalue weighted by molar-refractivity contribution is -0.903. The van der Waals surface area contributed by atoms with E-state index in [1.807, 2.05) is 0 Å². The van der Waals surface area contributed by atoms with E-state index in [4.69, 9.17) is 14.2 Å². The first-order chi connectivity index (χ1) is 11.1. The van der Waals surface area contributed by atoms with Crippen LogP contribution in [0.25, 0.3) is 0 Å². The average Bonchev–Trinajstić information content (AvgIpc) is 2.60. The Morgan fingerprint density at radius 2 is 1.65 bits per heavy atom. The van der Waals surface area contributed by atoms with Crippen LogP contribution in [0.5, 0.6) is 17.2 Å². The highest BCUT2D eigenvalue weighted by Gasteiger charge is 2.24. The Morgan fingerprint density at radius 1 is 1.09 bits per heavy atom. The molecule has 0 atom stereocenters. The number of quaternary nitrogens is 1. The fourth-order valence-corrected chi connectivity index (χ4v) is 2.99. The first-order valence-corrected chi connectivity index (χ1v) is 8.07. The monoisotopic (exact) mass is 323 g/mol. The van der Waals surface area contributed by atoms with Crippen LogP contribution < -0.4 is 24.4 Å². The second kappa shape index (κ2) is 8.06. The van der Waals surface area contributed by atoms with Gasteiger partial charge in [-0.15, -0.1) is 0 Å². The van der Waals surface area contributed by atoms with Crippen LogP contribution in [0.1, 0.15) is 30.1 Å².